The van der Waals surface area contributed by atoms with E-state index in [-0.39, 0.29) is 15.7 Å². The van der Waals surface area contributed by atoms with Crippen molar-refractivity contribution < 1.29 is 13.2 Å². The highest BCUT2D eigenvalue weighted by Crippen LogP contribution is 2.34. The average molecular weight is 307 g/mol. The van der Waals surface area contributed by atoms with Gasteiger partial charge in [-0.1, -0.05) is 30.1 Å². The fraction of sp³-hybridized carbons (Fsp3) is 0.417. The second kappa shape index (κ2) is 4.83. The van der Waals surface area contributed by atoms with Gasteiger partial charge in [0.1, 0.15) is 5.78 Å². The molecule has 1 saturated carbocycles. The number of carbonyl (C=O) groups excluding carboxylic acids is 1. The van der Waals surface area contributed by atoms with Crippen molar-refractivity contribution in [1.29, 1.82) is 0 Å². The van der Waals surface area contributed by atoms with Crippen LogP contribution >= 0.6 is 23.2 Å². The van der Waals surface area contributed by atoms with E-state index in [1.54, 1.807) is 6.92 Å². The van der Waals surface area contributed by atoms with Gasteiger partial charge in [-0.2, -0.15) is 0 Å². The van der Waals surface area contributed by atoms with Crippen molar-refractivity contribution in [3.63, 3.8) is 0 Å². The van der Waals surface area contributed by atoms with Gasteiger partial charge >= 0.3 is 0 Å². The van der Waals surface area contributed by atoms with Gasteiger partial charge in [0, 0.05) is 12.3 Å². The van der Waals surface area contributed by atoms with Gasteiger partial charge in [-0.3, -0.25) is 4.79 Å². The van der Waals surface area contributed by atoms with Crippen LogP contribution < -0.4 is 0 Å². The number of benzene rings is 1. The number of sulfone groups is 1. The summed E-state index contributed by atoms with van der Waals surface area (Å²) in [4.78, 5) is 11.6. The lowest BCUT2D eigenvalue weighted by molar-refractivity contribution is -0.120. The van der Waals surface area contributed by atoms with Gasteiger partial charge in [-0.25, -0.2) is 8.42 Å². The number of hydrogen-bond donors (Lipinski definition) is 0. The summed E-state index contributed by atoms with van der Waals surface area (Å²) in [7, 11) is -3.52. The average Bonchev–Trinajstić information content (AvgIpc) is 2.64. The van der Waals surface area contributed by atoms with Crippen molar-refractivity contribution in [2.24, 2.45) is 5.92 Å². The molecule has 1 aliphatic rings. The number of rotatable bonds is 2. The first-order chi connectivity index (χ1) is 8.34. The van der Waals surface area contributed by atoms with Crippen molar-refractivity contribution in [3.8, 4) is 0 Å². The minimum Gasteiger partial charge on any atom is -0.299 e. The summed E-state index contributed by atoms with van der Waals surface area (Å²) in [6.45, 7) is 1.66. The monoisotopic (exact) mass is 306 g/mol. The summed E-state index contributed by atoms with van der Waals surface area (Å²) in [6, 6.07) is 4.23. The Balaban J connectivity index is 2.42. The molecule has 0 amide bonds. The quantitative estimate of drug-likeness (QED) is 0.843. The Bertz CT molecular complexity index is 595. The molecule has 98 valence electrons. The fourth-order valence-corrected chi connectivity index (χ4v) is 4.59. The Hall–Kier alpha value is -0.580. The van der Waals surface area contributed by atoms with Crippen LogP contribution in [0.4, 0.5) is 0 Å². The topological polar surface area (TPSA) is 51.2 Å². The minimum atomic E-state index is -3.52. The van der Waals surface area contributed by atoms with E-state index in [1.165, 1.54) is 18.2 Å². The Labute approximate surface area is 116 Å². The third-order valence-corrected chi connectivity index (χ3v) is 6.45. The van der Waals surface area contributed by atoms with Crippen molar-refractivity contribution in [1.82, 2.24) is 0 Å². The van der Waals surface area contributed by atoms with Gasteiger partial charge in [0.15, 0.2) is 9.84 Å². The van der Waals surface area contributed by atoms with Crippen molar-refractivity contribution in [2.75, 3.05) is 0 Å². The molecule has 2 rings (SSSR count). The molecule has 2 atom stereocenters. The smallest absolute Gasteiger partial charge is 0.181 e. The van der Waals surface area contributed by atoms with Crippen molar-refractivity contribution in [3.05, 3.63) is 28.2 Å². The van der Waals surface area contributed by atoms with Crippen LogP contribution in [0.2, 0.25) is 10.0 Å². The predicted molar refractivity (Wildman–Crippen MR) is 70.8 cm³/mol. The van der Waals surface area contributed by atoms with E-state index < -0.39 is 21.0 Å². The van der Waals surface area contributed by atoms with Crippen LogP contribution in [-0.2, 0) is 14.6 Å². The Kier molecular flexibility index (Phi) is 3.72. The number of Topliss-reactive ketones (excluding diaryl/α,β-unsaturated/α-hetero) is 1. The molecule has 1 aromatic rings. The molecule has 0 saturated heterocycles. The molecule has 0 bridgehead atoms. The maximum atomic E-state index is 12.4. The number of halogens is 2. The van der Waals surface area contributed by atoms with Gasteiger partial charge in [0.05, 0.1) is 20.2 Å². The third kappa shape index (κ3) is 2.29. The van der Waals surface area contributed by atoms with Gasteiger partial charge in [-0.15, -0.1) is 0 Å². The largest absolute Gasteiger partial charge is 0.299 e. The van der Waals surface area contributed by atoms with E-state index in [0.29, 0.717) is 17.9 Å². The zero-order valence-corrected chi connectivity index (χ0v) is 12.0. The molecule has 0 aromatic heterocycles. The summed E-state index contributed by atoms with van der Waals surface area (Å²) in [6.07, 6.45) is 0.703. The highest BCUT2D eigenvalue weighted by molar-refractivity contribution is 7.92. The Morgan fingerprint density at radius 2 is 1.89 bits per heavy atom. The van der Waals surface area contributed by atoms with E-state index in [0.717, 1.165) is 0 Å². The maximum absolute atomic E-state index is 12.4. The second-order valence-corrected chi connectivity index (χ2v) is 7.43. The number of ketones is 1. The molecule has 0 N–H and O–H groups in total. The summed E-state index contributed by atoms with van der Waals surface area (Å²) in [5.41, 5.74) is 0. The SMILES string of the molecule is CC1C(=O)CCC1S(=O)(=O)c1ccc(Cl)c(Cl)c1. The molecular weight excluding hydrogens is 295 g/mol. The Morgan fingerprint density at radius 1 is 1.22 bits per heavy atom. The van der Waals surface area contributed by atoms with E-state index >= 15 is 0 Å². The van der Waals surface area contributed by atoms with Crippen LogP contribution in [0.3, 0.4) is 0 Å². The van der Waals surface area contributed by atoms with E-state index in [9.17, 15) is 13.2 Å². The first kappa shape index (κ1) is 13.8. The van der Waals surface area contributed by atoms with Crippen LogP contribution in [0.25, 0.3) is 0 Å². The molecule has 18 heavy (non-hydrogen) atoms. The second-order valence-electron chi connectivity index (χ2n) is 4.45. The third-order valence-electron chi connectivity index (χ3n) is 3.36. The molecule has 6 heteroatoms. The van der Waals surface area contributed by atoms with Crippen molar-refractivity contribution in [2.45, 2.75) is 29.9 Å². The van der Waals surface area contributed by atoms with Crippen LogP contribution in [0, 0.1) is 5.92 Å². The Morgan fingerprint density at radius 3 is 2.39 bits per heavy atom. The molecule has 2 unspecified atom stereocenters. The number of carbonyl (C=O) groups is 1. The summed E-state index contributed by atoms with van der Waals surface area (Å²) in [5, 5.41) is -0.136. The van der Waals surface area contributed by atoms with E-state index in [4.69, 9.17) is 23.2 Å². The zero-order valence-electron chi connectivity index (χ0n) is 9.69. The van der Waals surface area contributed by atoms with Crippen LogP contribution in [0.5, 0.6) is 0 Å². The minimum absolute atomic E-state index is 0.00337. The zero-order chi connectivity index (χ0) is 13.5. The summed E-state index contributed by atoms with van der Waals surface area (Å²) >= 11 is 11.6. The predicted octanol–water partition coefficient (Wildman–Crippen LogP) is 3.13. The molecule has 0 heterocycles. The highest BCUT2D eigenvalue weighted by atomic mass is 35.5. The van der Waals surface area contributed by atoms with Crippen molar-refractivity contribution >= 4 is 38.8 Å². The summed E-state index contributed by atoms with van der Waals surface area (Å²) < 4.78 is 24.8. The van der Waals surface area contributed by atoms with Gasteiger partial charge in [-0.05, 0) is 24.6 Å². The molecule has 0 radical (unpaired) electrons. The normalized spacial score (nSPS) is 24.5. The summed E-state index contributed by atoms with van der Waals surface area (Å²) in [5.74, 6) is -0.451. The number of hydrogen-bond acceptors (Lipinski definition) is 3. The molecule has 0 aliphatic heterocycles. The van der Waals surface area contributed by atoms with Crippen LogP contribution in [0.1, 0.15) is 19.8 Å². The highest BCUT2D eigenvalue weighted by Gasteiger charge is 2.40. The van der Waals surface area contributed by atoms with E-state index in [1.807, 2.05) is 0 Å². The molecule has 1 fully saturated rings. The standard InChI is InChI=1S/C12H12Cl2O3S/c1-7-11(15)4-5-12(7)18(16,17)8-2-3-9(13)10(14)6-8/h2-3,6-7,12H,4-5H2,1H3. The molecule has 1 aromatic carbocycles. The van der Waals surface area contributed by atoms with Crippen LogP contribution in [0.15, 0.2) is 23.1 Å². The lowest BCUT2D eigenvalue weighted by atomic mass is 10.1. The lowest BCUT2D eigenvalue weighted by Gasteiger charge is -2.15. The maximum Gasteiger partial charge on any atom is 0.181 e. The van der Waals surface area contributed by atoms with Gasteiger partial charge < -0.3 is 0 Å². The first-order valence-corrected chi connectivity index (χ1v) is 7.86. The molecule has 3 nitrogen and oxygen atoms in total. The van der Waals surface area contributed by atoms with E-state index in [2.05, 4.69) is 0 Å². The molecule has 0 spiro atoms. The fourth-order valence-electron chi connectivity index (χ4n) is 2.22. The van der Waals surface area contributed by atoms with Gasteiger partial charge in [0.25, 0.3) is 0 Å². The molecular formula is C12H12Cl2O3S. The van der Waals surface area contributed by atoms with Crippen LogP contribution in [-0.4, -0.2) is 19.5 Å². The first-order valence-electron chi connectivity index (χ1n) is 5.55. The lowest BCUT2D eigenvalue weighted by Crippen LogP contribution is -2.26. The molecule has 1 aliphatic carbocycles. The van der Waals surface area contributed by atoms with Gasteiger partial charge in [0.2, 0.25) is 0 Å².